The molecule has 0 fully saturated rings. The van der Waals surface area contributed by atoms with Gasteiger partial charge in [-0.3, -0.25) is 4.57 Å². The van der Waals surface area contributed by atoms with Crippen LogP contribution in [-0.2, 0) is 12.5 Å². The highest BCUT2D eigenvalue weighted by Gasteiger charge is 2.26. The zero-order valence-corrected chi connectivity index (χ0v) is 17.5. The molecule has 0 bridgehead atoms. The maximum atomic E-state index is 13.4. The van der Waals surface area contributed by atoms with Crippen LogP contribution in [0.5, 0.6) is 0 Å². The van der Waals surface area contributed by atoms with Gasteiger partial charge in [-0.15, -0.1) is 11.3 Å². The Bertz CT molecular complexity index is 1170. The first-order valence-corrected chi connectivity index (χ1v) is 10.4. The van der Waals surface area contributed by atoms with E-state index < -0.39 is 11.6 Å². The zero-order valence-electron chi connectivity index (χ0n) is 16.6. The first-order chi connectivity index (χ1) is 14.7. The second-order valence-electron chi connectivity index (χ2n) is 7.40. The summed E-state index contributed by atoms with van der Waals surface area (Å²) in [5.74, 6) is -2.98. The Hall–Kier alpha value is -2.98. The molecule has 3 aromatic rings. The molecular formula is C21H20F3N5OS. The third kappa shape index (κ3) is 4.70. The molecule has 2 aromatic heterocycles. The van der Waals surface area contributed by atoms with E-state index in [1.165, 1.54) is 29.1 Å². The van der Waals surface area contributed by atoms with Gasteiger partial charge in [-0.05, 0) is 35.4 Å². The van der Waals surface area contributed by atoms with Gasteiger partial charge < -0.3 is 10.6 Å². The highest BCUT2D eigenvalue weighted by Crippen LogP contribution is 2.33. The van der Waals surface area contributed by atoms with Gasteiger partial charge in [0.05, 0.1) is 11.4 Å². The van der Waals surface area contributed by atoms with Crippen molar-refractivity contribution in [1.29, 1.82) is 0 Å². The molecule has 1 aromatic carbocycles. The minimum atomic E-state index is -2.92. The van der Waals surface area contributed by atoms with Gasteiger partial charge in [0.2, 0.25) is 5.95 Å². The van der Waals surface area contributed by atoms with Crippen LogP contribution in [0, 0.1) is 5.82 Å². The van der Waals surface area contributed by atoms with Gasteiger partial charge in [-0.25, -0.2) is 22.9 Å². The third-order valence-electron chi connectivity index (χ3n) is 4.98. The van der Waals surface area contributed by atoms with Gasteiger partial charge in [-0.2, -0.15) is 4.98 Å². The van der Waals surface area contributed by atoms with Crippen LogP contribution in [0.1, 0.15) is 22.2 Å². The predicted molar refractivity (Wildman–Crippen MR) is 114 cm³/mol. The molecule has 1 unspecified atom stereocenters. The van der Waals surface area contributed by atoms with Crippen LogP contribution in [0.3, 0.4) is 0 Å². The summed E-state index contributed by atoms with van der Waals surface area (Å²) in [6, 6.07) is 8.71. The lowest BCUT2D eigenvalue weighted by Gasteiger charge is -2.31. The van der Waals surface area contributed by atoms with Crippen LogP contribution < -0.4 is 16.3 Å². The molecule has 2 N–H and O–H groups in total. The molecule has 0 spiro atoms. The summed E-state index contributed by atoms with van der Waals surface area (Å²) in [5.41, 5.74) is 7.50. The van der Waals surface area contributed by atoms with Crippen molar-refractivity contribution < 1.29 is 13.2 Å². The largest absolute Gasteiger partial charge is 0.352 e. The number of benzene rings is 1. The van der Waals surface area contributed by atoms with Crippen LogP contribution >= 0.6 is 11.3 Å². The van der Waals surface area contributed by atoms with Crippen molar-refractivity contribution in [2.45, 2.75) is 25.4 Å². The minimum absolute atomic E-state index is 0.0564. The van der Waals surface area contributed by atoms with E-state index in [-0.39, 0.29) is 29.2 Å². The van der Waals surface area contributed by atoms with Crippen molar-refractivity contribution in [2.75, 3.05) is 18.0 Å². The smallest absolute Gasteiger partial charge is 0.335 e. The Labute approximate surface area is 180 Å². The Kier molecular flexibility index (Phi) is 5.67. The number of halogens is 3. The van der Waals surface area contributed by atoms with Gasteiger partial charge in [0.1, 0.15) is 12.1 Å². The molecule has 6 nitrogen and oxygen atoms in total. The van der Waals surface area contributed by atoms with Crippen molar-refractivity contribution in [3.63, 3.8) is 0 Å². The normalized spacial score (nSPS) is 17.0. The second kappa shape index (κ2) is 8.27. The van der Waals surface area contributed by atoms with Crippen molar-refractivity contribution in [3.8, 4) is 0 Å². The number of thiophene rings is 1. The number of nitrogens with two attached hydrogens (primary N) is 1. The maximum Gasteiger partial charge on any atom is 0.352 e. The van der Waals surface area contributed by atoms with Crippen LogP contribution in [0.2, 0.25) is 0 Å². The lowest BCUT2D eigenvalue weighted by molar-refractivity contribution is 0.0215. The summed E-state index contributed by atoms with van der Waals surface area (Å²) in [7, 11) is 0. The molecule has 0 saturated heterocycles. The van der Waals surface area contributed by atoms with Crippen LogP contribution in [0.15, 0.2) is 53.6 Å². The number of rotatable bonds is 5. The summed E-state index contributed by atoms with van der Waals surface area (Å²) in [6.45, 7) is 1.80. The third-order valence-corrected chi connectivity index (χ3v) is 6.22. The van der Waals surface area contributed by atoms with Crippen molar-refractivity contribution in [2.24, 2.45) is 5.73 Å². The Morgan fingerprint density at radius 3 is 2.58 bits per heavy atom. The van der Waals surface area contributed by atoms with Gasteiger partial charge >= 0.3 is 5.69 Å². The monoisotopic (exact) mass is 447 g/mol. The van der Waals surface area contributed by atoms with Crippen LogP contribution in [0.4, 0.5) is 19.1 Å². The van der Waals surface area contributed by atoms with Crippen molar-refractivity contribution >= 4 is 22.9 Å². The average Bonchev–Trinajstić information content (AvgIpc) is 3.19. The zero-order chi connectivity index (χ0) is 22.2. The molecule has 1 atom stereocenters. The van der Waals surface area contributed by atoms with Crippen molar-refractivity contribution in [1.82, 2.24) is 14.5 Å². The van der Waals surface area contributed by atoms with E-state index >= 15 is 0 Å². The number of hydrogen-bond donors (Lipinski definition) is 1. The Morgan fingerprint density at radius 2 is 1.97 bits per heavy atom. The molecular weight excluding hydrogens is 427 g/mol. The minimum Gasteiger partial charge on any atom is -0.335 e. The van der Waals surface area contributed by atoms with Gasteiger partial charge in [-0.1, -0.05) is 18.2 Å². The molecule has 4 rings (SSSR count). The second-order valence-corrected chi connectivity index (χ2v) is 8.57. The molecule has 3 heterocycles. The first-order valence-electron chi connectivity index (χ1n) is 9.58. The van der Waals surface area contributed by atoms with E-state index in [0.717, 1.165) is 29.4 Å². The van der Waals surface area contributed by atoms with E-state index in [2.05, 4.69) is 9.97 Å². The number of aromatic nitrogens is 3. The molecule has 0 radical (unpaired) electrons. The topological polar surface area (TPSA) is 77.0 Å². The highest BCUT2D eigenvalue weighted by atomic mass is 32.1. The van der Waals surface area contributed by atoms with E-state index in [9.17, 15) is 18.0 Å². The summed E-state index contributed by atoms with van der Waals surface area (Å²) >= 11 is 0.951. The Balaban J connectivity index is 1.49. The number of nitrogens with zero attached hydrogens (tertiary/aromatic N) is 4. The fourth-order valence-corrected chi connectivity index (χ4v) is 4.32. The maximum absolute atomic E-state index is 13.4. The average molecular weight is 447 g/mol. The molecule has 10 heteroatoms. The molecule has 0 aliphatic carbocycles. The lowest BCUT2D eigenvalue weighted by Crippen LogP contribution is -2.44. The summed E-state index contributed by atoms with van der Waals surface area (Å²) < 4.78 is 41.3. The van der Waals surface area contributed by atoms with Crippen molar-refractivity contribution in [3.05, 3.63) is 80.4 Å². The number of hydrogen-bond acceptors (Lipinski definition) is 6. The van der Waals surface area contributed by atoms with E-state index in [1.54, 1.807) is 23.1 Å². The lowest BCUT2D eigenvalue weighted by atomic mass is 9.95. The molecule has 0 saturated carbocycles. The van der Waals surface area contributed by atoms with Gasteiger partial charge in [0, 0.05) is 30.9 Å². The van der Waals surface area contributed by atoms with Crippen LogP contribution in [-0.4, -0.2) is 33.7 Å². The summed E-state index contributed by atoms with van der Waals surface area (Å²) in [4.78, 5) is 23.1. The fourth-order valence-electron chi connectivity index (χ4n) is 3.38. The van der Waals surface area contributed by atoms with E-state index in [0.29, 0.717) is 18.0 Å². The van der Waals surface area contributed by atoms with Gasteiger partial charge in [0.15, 0.2) is 0 Å². The first kappa shape index (κ1) is 21.3. The molecule has 31 heavy (non-hydrogen) atoms. The summed E-state index contributed by atoms with van der Waals surface area (Å²) in [5, 5.41) is 0. The molecule has 1 aliphatic heterocycles. The van der Waals surface area contributed by atoms with E-state index in [1.807, 2.05) is 6.08 Å². The van der Waals surface area contributed by atoms with Crippen LogP contribution in [0.25, 0.3) is 5.57 Å². The predicted octanol–water partition coefficient (Wildman–Crippen LogP) is 3.23. The Morgan fingerprint density at radius 1 is 1.23 bits per heavy atom. The fraction of sp³-hybridized carbons (Fsp3) is 0.286. The quantitative estimate of drug-likeness (QED) is 0.650. The molecule has 0 amide bonds. The number of anilines is 1. The SMILES string of the molecule is CC(F)(F)c1ccc(Cn2cnc(N3CC=C(c4ccc(F)cc4)C(N)C3)nc2=O)s1. The molecule has 162 valence electrons. The number of alkyl halides is 2. The van der Waals surface area contributed by atoms with E-state index in [4.69, 9.17) is 5.73 Å². The molecule has 1 aliphatic rings. The standard InChI is InChI=1S/C21H20F3N5OS/c1-21(23,24)18-7-6-15(31-18)10-29-12-26-19(27-20(29)30)28-9-8-16(17(25)11-28)13-2-4-14(22)5-3-13/h2-8,12,17H,9-11,25H2,1H3. The highest BCUT2D eigenvalue weighted by molar-refractivity contribution is 7.12. The van der Waals surface area contributed by atoms with Gasteiger partial charge in [0.25, 0.3) is 5.92 Å². The summed E-state index contributed by atoms with van der Waals surface area (Å²) in [6.07, 6.45) is 3.27.